The third-order valence-corrected chi connectivity index (χ3v) is 5.97. The summed E-state index contributed by atoms with van der Waals surface area (Å²) < 4.78 is 12.7. The van der Waals surface area contributed by atoms with Gasteiger partial charge in [-0.3, -0.25) is 4.79 Å². The molecule has 1 fully saturated rings. The van der Waals surface area contributed by atoms with Crippen LogP contribution in [0.1, 0.15) is 56.9 Å². The van der Waals surface area contributed by atoms with Crippen molar-refractivity contribution in [1.82, 2.24) is 9.55 Å². The number of nitrogens with zero attached hydrogens (tertiary/aromatic N) is 2. The van der Waals surface area contributed by atoms with Crippen LogP contribution < -0.4 is 10.6 Å². The molecule has 9 nitrogen and oxygen atoms in total. The first-order valence-electron chi connectivity index (χ1n) is 11.3. The van der Waals surface area contributed by atoms with E-state index in [1.165, 1.54) is 7.11 Å². The number of aromatic nitrogens is 2. The minimum absolute atomic E-state index is 0.0312. The Morgan fingerprint density at radius 2 is 2.19 bits per heavy atom. The number of carbonyl (C=O) groups is 2. The summed E-state index contributed by atoms with van der Waals surface area (Å²) in [5.41, 5.74) is 1.99. The van der Waals surface area contributed by atoms with E-state index in [9.17, 15) is 14.7 Å². The molecule has 0 saturated carbocycles. The van der Waals surface area contributed by atoms with Crippen molar-refractivity contribution in [2.24, 2.45) is 5.92 Å². The predicted octanol–water partition coefficient (Wildman–Crippen LogP) is 3.17. The Morgan fingerprint density at radius 3 is 2.81 bits per heavy atom. The van der Waals surface area contributed by atoms with Gasteiger partial charge in [-0.1, -0.05) is 13.8 Å². The van der Waals surface area contributed by atoms with Crippen molar-refractivity contribution in [3.63, 3.8) is 0 Å². The maximum Gasteiger partial charge on any atom is 0.356 e. The lowest BCUT2D eigenvalue weighted by atomic mass is 10.1. The molecule has 9 heteroatoms. The van der Waals surface area contributed by atoms with E-state index < -0.39 is 5.97 Å². The third-order valence-electron chi connectivity index (χ3n) is 5.97. The number of rotatable bonds is 10. The van der Waals surface area contributed by atoms with Crippen molar-refractivity contribution in [3.8, 4) is 0 Å². The molecule has 0 radical (unpaired) electrons. The number of esters is 1. The van der Waals surface area contributed by atoms with E-state index in [-0.39, 0.29) is 36.3 Å². The zero-order chi connectivity index (χ0) is 23.3. The summed E-state index contributed by atoms with van der Waals surface area (Å²) in [4.78, 5) is 30.3. The zero-order valence-electron chi connectivity index (χ0n) is 19.3. The van der Waals surface area contributed by atoms with Gasteiger partial charge in [-0.25, -0.2) is 9.78 Å². The summed E-state index contributed by atoms with van der Waals surface area (Å²) in [7, 11) is 1.33. The van der Waals surface area contributed by atoms with Gasteiger partial charge in [0.25, 0.3) is 0 Å². The van der Waals surface area contributed by atoms with Gasteiger partial charge in [-0.15, -0.1) is 0 Å². The smallest absolute Gasteiger partial charge is 0.356 e. The quantitative estimate of drug-likeness (QED) is 0.480. The van der Waals surface area contributed by atoms with E-state index in [0.29, 0.717) is 42.7 Å². The van der Waals surface area contributed by atoms with Crippen LogP contribution in [0.3, 0.4) is 0 Å². The fraction of sp³-hybridized carbons (Fsp3) is 0.609. The fourth-order valence-corrected chi connectivity index (χ4v) is 3.89. The summed E-state index contributed by atoms with van der Waals surface area (Å²) in [5, 5.41) is 16.1. The summed E-state index contributed by atoms with van der Waals surface area (Å²) in [6.45, 7) is 6.97. The molecule has 1 amide bonds. The number of ether oxygens (including phenoxy) is 2. The van der Waals surface area contributed by atoms with Gasteiger partial charge in [-0.2, -0.15) is 0 Å². The van der Waals surface area contributed by atoms with Crippen LogP contribution in [-0.4, -0.2) is 59.0 Å². The maximum atomic E-state index is 12.9. The molecule has 1 aliphatic heterocycles. The molecule has 0 aromatic carbocycles. The summed E-state index contributed by atoms with van der Waals surface area (Å²) >= 11 is 0. The SMILES string of the molecule is CC[C@H](C)C(=O)Nc1c(C(=O)OC)n(C[C@H]2CCCO2)c2ncc(N[C@@H](C)CCO)cc12. The van der Waals surface area contributed by atoms with E-state index in [2.05, 4.69) is 15.6 Å². The zero-order valence-corrected chi connectivity index (χ0v) is 19.3. The third kappa shape index (κ3) is 5.21. The lowest BCUT2D eigenvalue weighted by molar-refractivity contribution is -0.119. The van der Waals surface area contributed by atoms with Crippen molar-refractivity contribution >= 4 is 34.3 Å². The molecule has 32 heavy (non-hydrogen) atoms. The number of aliphatic hydroxyl groups is 1. The first-order valence-corrected chi connectivity index (χ1v) is 11.3. The van der Waals surface area contributed by atoms with Crippen molar-refractivity contribution in [3.05, 3.63) is 18.0 Å². The van der Waals surface area contributed by atoms with Crippen LogP contribution in [-0.2, 0) is 20.8 Å². The van der Waals surface area contributed by atoms with Crippen molar-refractivity contribution in [1.29, 1.82) is 0 Å². The first-order chi connectivity index (χ1) is 15.4. The molecule has 0 aliphatic carbocycles. The normalized spacial score (nSPS) is 17.8. The lowest BCUT2D eigenvalue weighted by Crippen LogP contribution is -2.23. The van der Waals surface area contributed by atoms with Crippen LogP contribution in [0.5, 0.6) is 0 Å². The van der Waals surface area contributed by atoms with Gasteiger partial charge in [-0.05, 0) is 38.7 Å². The Balaban J connectivity index is 2.13. The second-order valence-corrected chi connectivity index (χ2v) is 8.41. The summed E-state index contributed by atoms with van der Waals surface area (Å²) in [6.07, 6.45) is 4.80. The highest BCUT2D eigenvalue weighted by Gasteiger charge is 2.29. The molecule has 2 aromatic rings. The van der Waals surface area contributed by atoms with E-state index >= 15 is 0 Å². The molecule has 3 N–H and O–H groups in total. The van der Waals surface area contributed by atoms with Gasteiger partial charge in [0.1, 0.15) is 5.65 Å². The second-order valence-electron chi connectivity index (χ2n) is 8.41. The number of methoxy groups -OCH3 is 1. The Bertz CT molecular complexity index is 952. The van der Waals surface area contributed by atoms with Crippen LogP contribution in [0.2, 0.25) is 0 Å². The van der Waals surface area contributed by atoms with E-state index in [4.69, 9.17) is 9.47 Å². The van der Waals surface area contributed by atoms with Gasteiger partial charge in [0.05, 0.1) is 37.3 Å². The first kappa shape index (κ1) is 24.0. The van der Waals surface area contributed by atoms with Crippen LogP contribution in [0.4, 0.5) is 11.4 Å². The molecular formula is C23H34N4O5. The Kier molecular flexibility index (Phi) is 8.09. The Hall–Kier alpha value is -2.65. The fourth-order valence-electron chi connectivity index (χ4n) is 3.89. The number of amides is 1. The van der Waals surface area contributed by atoms with Gasteiger partial charge < -0.3 is 29.8 Å². The molecule has 0 bridgehead atoms. The molecule has 176 valence electrons. The van der Waals surface area contributed by atoms with E-state index in [0.717, 1.165) is 18.5 Å². The molecule has 3 heterocycles. The highest BCUT2D eigenvalue weighted by Crippen LogP contribution is 2.34. The molecule has 0 unspecified atom stereocenters. The molecule has 1 aliphatic rings. The number of nitrogens with one attached hydrogen (secondary N) is 2. The molecule has 3 atom stereocenters. The largest absolute Gasteiger partial charge is 0.464 e. The maximum absolute atomic E-state index is 12.9. The number of carbonyl (C=O) groups excluding carboxylic acids is 2. The monoisotopic (exact) mass is 446 g/mol. The average molecular weight is 447 g/mol. The summed E-state index contributed by atoms with van der Waals surface area (Å²) in [5.74, 6) is -0.916. The minimum atomic E-state index is -0.538. The van der Waals surface area contributed by atoms with Gasteiger partial charge in [0.15, 0.2) is 5.69 Å². The van der Waals surface area contributed by atoms with Crippen LogP contribution in [0.15, 0.2) is 12.3 Å². The molecule has 2 aromatic heterocycles. The second kappa shape index (κ2) is 10.8. The number of anilines is 2. The standard InChI is InChI=1S/C23H34N4O5/c1-5-14(2)22(29)26-19-18-11-16(25-15(3)8-9-28)12-24-21(18)27(20(19)23(30)31-4)13-17-7-6-10-32-17/h11-12,14-15,17,25,28H,5-10,13H2,1-4H3,(H,26,29)/t14-,15-,17+/m0/s1. The minimum Gasteiger partial charge on any atom is -0.464 e. The predicted molar refractivity (Wildman–Crippen MR) is 123 cm³/mol. The molecule has 1 saturated heterocycles. The highest BCUT2D eigenvalue weighted by molar-refractivity contribution is 6.11. The Morgan fingerprint density at radius 1 is 1.41 bits per heavy atom. The van der Waals surface area contributed by atoms with E-state index in [1.54, 1.807) is 10.8 Å². The van der Waals surface area contributed by atoms with Crippen LogP contribution >= 0.6 is 0 Å². The van der Waals surface area contributed by atoms with Crippen LogP contribution in [0.25, 0.3) is 11.0 Å². The van der Waals surface area contributed by atoms with Gasteiger partial charge in [0.2, 0.25) is 5.91 Å². The molecular weight excluding hydrogens is 412 g/mol. The van der Waals surface area contributed by atoms with Gasteiger partial charge >= 0.3 is 5.97 Å². The molecule has 3 rings (SSSR count). The topological polar surface area (TPSA) is 115 Å². The number of pyridine rings is 1. The number of aliphatic hydroxyl groups excluding tert-OH is 1. The van der Waals surface area contributed by atoms with Crippen molar-refractivity contribution < 1.29 is 24.2 Å². The lowest BCUT2D eigenvalue weighted by Gasteiger charge is -2.15. The van der Waals surface area contributed by atoms with E-state index in [1.807, 2.05) is 26.8 Å². The van der Waals surface area contributed by atoms with Crippen LogP contribution in [0, 0.1) is 5.92 Å². The highest BCUT2D eigenvalue weighted by atomic mass is 16.5. The Labute approximate surface area is 188 Å². The number of hydrogen-bond donors (Lipinski definition) is 3. The number of fused-ring (bicyclic) bond motifs is 1. The molecule has 0 spiro atoms. The number of hydrogen-bond acceptors (Lipinski definition) is 7. The average Bonchev–Trinajstić information content (AvgIpc) is 3.39. The van der Waals surface area contributed by atoms with Crippen molar-refractivity contribution in [2.45, 2.75) is 65.1 Å². The van der Waals surface area contributed by atoms with Gasteiger partial charge in [0, 0.05) is 30.6 Å². The van der Waals surface area contributed by atoms with Crippen molar-refractivity contribution in [2.75, 3.05) is 31.0 Å². The summed E-state index contributed by atoms with van der Waals surface area (Å²) in [6, 6.07) is 1.91.